The van der Waals surface area contributed by atoms with Gasteiger partial charge in [-0.1, -0.05) is 30.7 Å². The highest BCUT2D eigenvalue weighted by molar-refractivity contribution is 6.32. The number of fused-ring (bicyclic) bond motifs is 1. The first kappa shape index (κ1) is 18.6. The highest BCUT2D eigenvalue weighted by Crippen LogP contribution is 2.26. The van der Waals surface area contributed by atoms with E-state index in [1.165, 1.54) is 6.07 Å². The zero-order valence-electron chi connectivity index (χ0n) is 13.4. The minimum atomic E-state index is -0.745. The van der Waals surface area contributed by atoms with Crippen molar-refractivity contribution >= 4 is 34.9 Å². The van der Waals surface area contributed by atoms with Gasteiger partial charge in [-0.05, 0) is 30.3 Å². The summed E-state index contributed by atoms with van der Waals surface area (Å²) in [6.45, 7) is 1.55. The topological polar surface area (TPSA) is 78.8 Å². The number of carbonyl (C=O) groups is 2. The van der Waals surface area contributed by atoms with E-state index in [0.717, 1.165) is 0 Å². The third kappa shape index (κ3) is 4.87. The number of carboxylic acids is 1. The van der Waals surface area contributed by atoms with E-state index in [0.29, 0.717) is 27.5 Å². The average molecular weight is 363 g/mol. The minimum Gasteiger partial charge on any atom is -0.481 e. The van der Waals surface area contributed by atoms with Crippen LogP contribution in [0.3, 0.4) is 0 Å². The van der Waals surface area contributed by atoms with Gasteiger partial charge in [0.15, 0.2) is 0 Å². The first-order chi connectivity index (χ1) is 11.9. The number of carbonyl (C=O) groups excluding carboxylic acids is 1. The molecule has 0 fully saturated rings. The van der Waals surface area contributed by atoms with Crippen molar-refractivity contribution in [3.05, 3.63) is 64.4 Å². The number of nitrogens with zero attached hydrogens (tertiary/aromatic N) is 1. The molecule has 3 rings (SSSR count). The second-order valence-electron chi connectivity index (χ2n) is 5.13. The van der Waals surface area contributed by atoms with Crippen molar-refractivity contribution in [1.29, 1.82) is 0 Å². The van der Waals surface area contributed by atoms with Gasteiger partial charge in [-0.25, -0.2) is 4.39 Å². The van der Waals surface area contributed by atoms with Gasteiger partial charge >= 0.3 is 5.97 Å². The fourth-order valence-corrected chi connectivity index (χ4v) is 2.30. The second kappa shape index (κ2) is 8.39. The van der Waals surface area contributed by atoms with E-state index in [4.69, 9.17) is 16.7 Å². The van der Waals surface area contributed by atoms with Gasteiger partial charge in [0.25, 0.3) is 0 Å². The predicted octanol–water partition coefficient (Wildman–Crippen LogP) is 3.75. The third-order valence-corrected chi connectivity index (χ3v) is 3.56. The number of hydrogen-bond acceptors (Lipinski definition) is 3. The Morgan fingerprint density at radius 2 is 1.96 bits per heavy atom. The van der Waals surface area contributed by atoms with Crippen molar-refractivity contribution in [1.82, 2.24) is 0 Å². The van der Waals surface area contributed by atoms with Gasteiger partial charge < -0.3 is 10.4 Å². The summed E-state index contributed by atoms with van der Waals surface area (Å²) in [5, 5.41) is 11.0. The molecule has 1 amide bonds. The fourth-order valence-electron chi connectivity index (χ4n) is 2.13. The third-order valence-electron chi connectivity index (χ3n) is 3.32. The van der Waals surface area contributed by atoms with Crippen LogP contribution in [0.5, 0.6) is 0 Å². The van der Waals surface area contributed by atoms with Gasteiger partial charge in [-0.2, -0.15) is 0 Å². The maximum absolute atomic E-state index is 14.0. The van der Waals surface area contributed by atoms with Crippen molar-refractivity contribution in [3.63, 3.8) is 0 Å². The van der Waals surface area contributed by atoms with Gasteiger partial charge in [0.05, 0.1) is 11.4 Å². The van der Waals surface area contributed by atoms with Crippen molar-refractivity contribution in [2.24, 2.45) is 4.99 Å². The molecule has 0 aromatic heterocycles. The molecule has 25 heavy (non-hydrogen) atoms. The molecular weight excluding hydrogens is 347 g/mol. The van der Waals surface area contributed by atoms with Gasteiger partial charge in [0, 0.05) is 22.6 Å². The maximum Gasteiger partial charge on any atom is 0.303 e. The van der Waals surface area contributed by atoms with Crippen molar-refractivity contribution in [2.75, 3.05) is 11.9 Å². The normalized spacial score (nSPS) is 12.8. The molecule has 2 N–H and O–H groups in total. The maximum atomic E-state index is 14.0. The number of aliphatic carboxylic acids is 1. The molecule has 7 heteroatoms. The summed E-state index contributed by atoms with van der Waals surface area (Å²) in [5.74, 6) is -1.36. The van der Waals surface area contributed by atoms with Crippen LogP contribution in [0.15, 0.2) is 47.5 Å². The molecule has 0 bridgehead atoms. The molecule has 0 aliphatic carbocycles. The number of carboxylic acid groups (broad SMARTS) is 1. The van der Waals surface area contributed by atoms with Gasteiger partial charge in [-0.3, -0.25) is 14.6 Å². The van der Waals surface area contributed by atoms with Crippen LogP contribution in [0, 0.1) is 5.82 Å². The molecule has 1 heterocycles. The van der Waals surface area contributed by atoms with Crippen LogP contribution in [0.1, 0.15) is 24.5 Å². The lowest BCUT2D eigenvalue weighted by molar-refractivity contribution is -0.136. The number of anilines is 1. The predicted molar refractivity (Wildman–Crippen MR) is 94.9 cm³/mol. The SMILES string of the molecule is CCC(=O)O.O=C1CN=C(c2ccccc2F)c2cc(Cl)ccc2N1. The van der Waals surface area contributed by atoms with Crippen molar-refractivity contribution in [3.8, 4) is 0 Å². The van der Waals surface area contributed by atoms with E-state index in [9.17, 15) is 14.0 Å². The van der Waals surface area contributed by atoms with E-state index < -0.39 is 5.97 Å². The lowest BCUT2D eigenvalue weighted by atomic mass is 10.0. The van der Waals surface area contributed by atoms with Crippen molar-refractivity contribution in [2.45, 2.75) is 13.3 Å². The quantitative estimate of drug-likeness (QED) is 0.854. The Labute approximate surface area is 149 Å². The number of aliphatic imine (C=N–C) groups is 1. The molecule has 0 saturated carbocycles. The van der Waals surface area contributed by atoms with Crippen LogP contribution in [-0.4, -0.2) is 29.2 Å². The van der Waals surface area contributed by atoms with E-state index in [1.54, 1.807) is 43.3 Å². The number of halogens is 2. The standard InChI is InChI=1S/C15H10ClFN2O.C3H6O2/c16-9-5-6-13-11(7-9)15(18-8-14(20)19-13)10-3-1-2-4-12(10)17;1-2-3(4)5/h1-7H,8H2,(H,19,20);2H2,1H3,(H,4,5). The number of nitrogens with one attached hydrogen (secondary N) is 1. The van der Waals surface area contributed by atoms with Crippen LogP contribution in [-0.2, 0) is 9.59 Å². The zero-order valence-corrected chi connectivity index (χ0v) is 14.2. The highest BCUT2D eigenvalue weighted by Gasteiger charge is 2.20. The summed E-state index contributed by atoms with van der Waals surface area (Å²) in [6.07, 6.45) is 0.222. The molecule has 2 aromatic rings. The number of amides is 1. The summed E-state index contributed by atoms with van der Waals surface area (Å²) < 4.78 is 14.0. The highest BCUT2D eigenvalue weighted by atomic mass is 35.5. The van der Waals surface area contributed by atoms with Gasteiger partial charge in [0.2, 0.25) is 5.91 Å². The average Bonchev–Trinajstić information content (AvgIpc) is 2.74. The van der Waals surface area contributed by atoms with Crippen LogP contribution < -0.4 is 5.32 Å². The van der Waals surface area contributed by atoms with Crippen LogP contribution in [0.2, 0.25) is 5.02 Å². The second-order valence-corrected chi connectivity index (χ2v) is 5.57. The molecule has 130 valence electrons. The largest absolute Gasteiger partial charge is 0.481 e. The molecule has 0 saturated heterocycles. The number of benzene rings is 2. The smallest absolute Gasteiger partial charge is 0.303 e. The summed E-state index contributed by atoms with van der Waals surface area (Å²) in [7, 11) is 0. The Balaban J connectivity index is 0.000000399. The van der Waals surface area contributed by atoms with Crippen LogP contribution in [0.25, 0.3) is 0 Å². The minimum absolute atomic E-state index is 0.0457. The Hall–Kier alpha value is -2.73. The van der Waals surface area contributed by atoms with E-state index in [-0.39, 0.29) is 24.7 Å². The molecule has 0 radical (unpaired) electrons. The van der Waals surface area contributed by atoms with Crippen LogP contribution >= 0.6 is 11.6 Å². The number of benzodiazepines with no additional fused rings is 1. The Kier molecular flexibility index (Phi) is 6.25. The molecular formula is C18H16ClFN2O3. The first-order valence-electron chi connectivity index (χ1n) is 7.53. The summed E-state index contributed by atoms with van der Waals surface area (Å²) in [4.78, 5) is 25.2. The fraction of sp³-hybridized carbons (Fsp3) is 0.167. The number of hydrogen-bond donors (Lipinski definition) is 2. The summed E-state index contributed by atoms with van der Waals surface area (Å²) >= 11 is 6.00. The van der Waals surface area contributed by atoms with E-state index in [2.05, 4.69) is 10.3 Å². The Morgan fingerprint density at radius 1 is 1.28 bits per heavy atom. The van der Waals surface area contributed by atoms with E-state index >= 15 is 0 Å². The monoisotopic (exact) mass is 362 g/mol. The summed E-state index contributed by atoms with van der Waals surface area (Å²) in [6, 6.07) is 11.4. The van der Waals surface area contributed by atoms with Gasteiger partial charge in [0.1, 0.15) is 12.4 Å². The van der Waals surface area contributed by atoms with Crippen LogP contribution in [0.4, 0.5) is 10.1 Å². The van der Waals surface area contributed by atoms with E-state index in [1.807, 2.05) is 0 Å². The molecule has 0 unspecified atom stereocenters. The first-order valence-corrected chi connectivity index (χ1v) is 7.91. The zero-order chi connectivity index (χ0) is 18.4. The Morgan fingerprint density at radius 3 is 2.60 bits per heavy atom. The summed E-state index contributed by atoms with van der Waals surface area (Å²) in [5.41, 5.74) is 1.99. The molecule has 0 spiro atoms. The number of rotatable bonds is 2. The molecule has 1 aliphatic rings. The molecule has 0 atom stereocenters. The molecule has 5 nitrogen and oxygen atoms in total. The molecule has 2 aromatic carbocycles. The Bertz CT molecular complexity index is 837. The lowest BCUT2D eigenvalue weighted by Crippen LogP contribution is -2.13. The van der Waals surface area contributed by atoms with Crippen molar-refractivity contribution < 1.29 is 19.1 Å². The van der Waals surface area contributed by atoms with Gasteiger partial charge in [-0.15, -0.1) is 0 Å². The molecule has 1 aliphatic heterocycles. The lowest BCUT2D eigenvalue weighted by Gasteiger charge is -2.11.